The van der Waals surface area contributed by atoms with Crippen molar-refractivity contribution in [1.29, 1.82) is 0 Å². The molecule has 148 valence electrons. The zero-order valence-electron chi connectivity index (χ0n) is 16.7. The molecule has 28 heavy (non-hydrogen) atoms. The molecule has 0 radical (unpaired) electrons. The standard InChI is InChI=1S/C22H29N5O/c1-18-5-4-6-19(17-18)7-10-22(28)27-15-13-26(14-16-27)21-9-8-20(23-24-21)25-11-2-3-12-25/h4-6,8-9,17H,2-3,7,10-16H2,1H3. The summed E-state index contributed by atoms with van der Waals surface area (Å²) in [6, 6.07) is 12.6. The van der Waals surface area contributed by atoms with Crippen LogP contribution in [0.15, 0.2) is 36.4 Å². The Labute approximate surface area is 167 Å². The highest BCUT2D eigenvalue weighted by molar-refractivity contribution is 5.76. The summed E-state index contributed by atoms with van der Waals surface area (Å²) in [5.74, 6) is 2.14. The van der Waals surface area contributed by atoms with Gasteiger partial charge in [-0.2, -0.15) is 0 Å². The van der Waals surface area contributed by atoms with E-state index in [0.717, 1.165) is 57.3 Å². The first-order valence-corrected chi connectivity index (χ1v) is 10.4. The number of hydrogen-bond donors (Lipinski definition) is 0. The van der Waals surface area contributed by atoms with E-state index in [1.54, 1.807) is 0 Å². The van der Waals surface area contributed by atoms with Crippen LogP contribution in [-0.2, 0) is 11.2 Å². The monoisotopic (exact) mass is 379 g/mol. The highest BCUT2D eigenvalue weighted by Crippen LogP contribution is 2.20. The number of nitrogens with zero attached hydrogens (tertiary/aromatic N) is 5. The lowest BCUT2D eigenvalue weighted by Gasteiger charge is -2.35. The first kappa shape index (κ1) is 18.7. The van der Waals surface area contributed by atoms with Crippen LogP contribution in [0, 0.1) is 6.92 Å². The number of carbonyl (C=O) groups excluding carboxylic acids is 1. The average Bonchev–Trinajstić information content (AvgIpc) is 3.27. The van der Waals surface area contributed by atoms with E-state index >= 15 is 0 Å². The van der Waals surface area contributed by atoms with Crippen molar-refractivity contribution in [2.45, 2.75) is 32.6 Å². The van der Waals surface area contributed by atoms with Crippen LogP contribution in [0.4, 0.5) is 11.6 Å². The second-order valence-electron chi connectivity index (χ2n) is 7.80. The minimum Gasteiger partial charge on any atom is -0.355 e. The van der Waals surface area contributed by atoms with E-state index in [-0.39, 0.29) is 5.91 Å². The smallest absolute Gasteiger partial charge is 0.223 e. The predicted octanol–water partition coefficient (Wildman–Crippen LogP) is 2.67. The third kappa shape index (κ3) is 4.43. The van der Waals surface area contributed by atoms with E-state index in [9.17, 15) is 4.79 Å². The molecule has 1 amide bonds. The van der Waals surface area contributed by atoms with Crippen LogP contribution in [0.5, 0.6) is 0 Å². The Bertz CT molecular complexity index is 793. The topological polar surface area (TPSA) is 52.6 Å². The quantitative estimate of drug-likeness (QED) is 0.799. The number of piperazine rings is 1. The molecule has 1 aromatic carbocycles. The molecule has 2 aromatic rings. The zero-order chi connectivity index (χ0) is 19.3. The van der Waals surface area contributed by atoms with E-state index in [1.165, 1.54) is 24.0 Å². The fourth-order valence-electron chi connectivity index (χ4n) is 4.06. The van der Waals surface area contributed by atoms with Crippen LogP contribution in [0.2, 0.25) is 0 Å². The Kier molecular flexibility index (Phi) is 5.74. The minimum atomic E-state index is 0.247. The van der Waals surface area contributed by atoms with Crippen molar-refractivity contribution < 1.29 is 4.79 Å². The Morgan fingerprint density at radius 1 is 0.893 bits per heavy atom. The van der Waals surface area contributed by atoms with Crippen LogP contribution in [-0.4, -0.2) is 60.3 Å². The Morgan fingerprint density at radius 2 is 1.54 bits per heavy atom. The van der Waals surface area contributed by atoms with Gasteiger partial charge in [0.25, 0.3) is 0 Å². The Morgan fingerprint density at radius 3 is 2.14 bits per heavy atom. The fraction of sp³-hybridized carbons (Fsp3) is 0.500. The van der Waals surface area contributed by atoms with Crippen molar-refractivity contribution >= 4 is 17.5 Å². The summed E-state index contributed by atoms with van der Waals surface area (Å²) < 4.78 is 0. The van der Waals surface area contributed by atoms with E-state index in [2.05, 4.69) is 63.3 Å². The molecule has 2 saturated heterocycles. The highest BCUT2D eigenvalue weighted by Gasteiger charge is 2.22. The Balaban J connectivity index is 1.26. The molecule has 0 saturated carbocycles. The van der Waals surface area contributed by atoms with Gasteiger partial charge in [0.15, 0.2) is 11.6 Å². The molecule has 0 bridgehead atoms. The Hall–Kier alpha value is -2.63. The molecule has 2 aliphatic rings. The summed E-state index contributed by atoms with van der Waals surface area (Å²) in [7, 11) is 0. The summed E-state index contributed by atoms with van der Waals surface area (Å²) in [5.41, 5.74) is 2.48. The number of hydrogen-bond acceptors (Lipinski definition) is 5. The summed E-state index contributed by atoms with van der Waals surface area (Å²) in [6.45, 7) is 7.38. The maximum absolute atomic E-state index is 12.6. The molecular weight excluding hydrogens is 350 g/mol. The molecule has 1 aromatic heterocycles. The van der Waals surface area contributed by atoms with Gasteiger partial charge in [-0.1, -0.05) is 29.8 Å². The van der Waals surface area contributed by atoms with E-state index in [0.29, 0.717) is 6.42 Å². The van der Waals surface area contributed by atoms with Crippen LogP contribution < -0.4 is 9.80 Å². The molecule has 0 atom stereocenters. The minimum absolute atomic E-state index is 0.247. The molecule has 3 heterocycles. The fourth-order valence-corrected chi connectivity index (χ4v) is 4.06. The number of rotatable bonds is 5. The molecule has 0 N–H and O–H groups in total. The summed E-state index contributed by atoms with van der Waals surface area (Å²) in [5, 5.41) is 8.85. The molecule has 2 aliphatic heterocycles. The molecule has 2 fully saturated rings. The van der Waals surface area contributed by atoms with Crippen LogP contribution in [0.3, 0.4) is 0 Å². The zero-order valence-corrected chi connectivity index (χ0v) is 16.7. The van der Waals surface area contributed by atoms with E-state index in [1.807, 2.05) is 4.90 Å². The molecule has 6 nitrogen and oxygen atoms in total. The van der Waals surface area contributed by atoms with E-state index < -0.39 is 0 Å². The van der Waals surface area contributed by atoms with Gasteiger partial charge in [0.1, 0.15) is 0 Å². The van der Waals surface area contributed by atoms with Crippen LogP contribution in [0.1, 0.15) is 30.4 Å². The van der Waals surface area contributed by atoms with Crippen molar-refractivity contribution in [2.24, 2.45) is 0 Å². The lowest BCUT2D eigenvalue weighted by atomic mass is 10.1. The van der Waals surface area contributed by atoms with Crippen molar-refractivity contribution in [2.75, 3.05) is 49.1 Å². The van der Waals surface area contributed by atoms with Crippen molar-refractivity contribution in [3.8, 4) is 0 Å². The third-order valence-corrected chi connectivity index (χ3v) is 5.73. The van der Waals surface area contributed by atoms with Crippen LogP contribution in [0.25, 0.3) is 0 Å². The van der Waals surface area contributed by atoms with Gasteiger partial charge in [0.05, 0.1) is 0 Å². The maximum Gasteiger partial charge on any atom is 0.223 e. The normalized spacial score (nSPS) is 17.2. The molecular formula is C22H29N5O. The van der Waals surface area contributed by atoms with Gasteiger partial charge in [-0.3, -0.25) is 4.79 Å². The van der Waals surface area contributed by atoms with Gasteiger partial charge in [-0.05, 0) is 43.9 Å². The van der Waals surface area contributed by atoms with Crippen molar-refractivity contribution in [1.82, 2.24) is 15.1 Å². The largest absolute Gasteiger partial charge is 0.355 e. The SMILES string of the molecule is Cc1cccc(CCC(=O)N2CCN(c3ccc(N4CCCC4)nn3)CC2)c1. The van der Waals surface area contributed by atoms with Crippen LogP contribution >= 0.6 is 0 Å². The van der Waals surface area contributed by atoms with Gasteiger partial charge in [0, 0.05) is 45.7 Å². The highest BCUT2D eigenvalue weighted by atomic mass is 16.2. The maximum atomic E-state index is 12.6. The summed E-state index contributed by atoms with van der Waals surface area (Å²) in [4.78, 5) is 19.1. The summed E-state index contributed by atoms with van der Waals surface area (Å²) >= 11 is 0. The number of carbonyl (C=O) groups is 1. The number of aromatic nitrogens is 2. The molecule has 6 heteroatoms. The first-order chi connectivity index (χ1) is 13.7. The second kappa shape index (κ2) is 8.59. The number of aryl methyl sites for hydroxylation is 2. The molecule has 0 aliphatic carbocycles. The van der Waals surface area contributed by atoms with Crippen molar-refractivity contribution in [3.05, 3.63) is 47.5 Å². The predicted molar refractivity (Wildman–Crippen MR) is 112 cm³/mol. The molecule has 4 rings (SSSR count). The first-order valence-electron chi connectivity index (χ1n) is 10.4. The van der Waals surface area contributed by atoms with Gasteiger partial charge in [-0.15, -0.1) is 10.2 Å². The summed E-state index contributed by atoms with van der Waals surface area (Å²) in [6.07, 6.45) is 3.87. The van der Waals surface area contributed by atoms with E-state index in [4.69, 9.17) is 0 Å². The average molecular weight is 380 g/mol. The number of benzene rings is 1. The third-order valence-electron chi connectivity index (χ3n) is 5.73. The van der Waals surface area contributed by atoms with Gasteiger partial charge >= 0.3 is 0 Å². The lowest BCUT2D eigenvalue weighted by molar-refractivity contribution is -0.131. The molecule has 0 spiro atoms. The second-order valence-corrected chi connectivity index (χ2v) is 7.80. The lowest BCUT2D eigenvalue weighted by Crippen LogP contribution is -2.49. The van der Waals surface area contributed by atoms with Crippen molar-refractivity contribution in [3.63, 3.8) is 0 Å². The van der Waals surface area contributed by atoms with Gasteiger partial charge < -0.3 is 14.7 Å². The number of anilines is 2. The molecule has 0 unspecified atom stereocenters. The number of amides is 1. The van der Waals surface area contributed by atoms with Gasteiger partial charge in [0.2, 0.25) is 5.91 Å². The van der Waals surface area contributed by atoms with Gasteiger partial charge in [-0.25, -0.2) is 0 Å².